The first kappa shape index (κ1) is 25.6. The molecule has 0 aliphatic carbocycles. The van der Waals surface area contributed by atoms with Gasteiger partial charge in [0.15, 0.2) is 6.10 Å². The average Bonchev–Trinajstić information content (AvgIpc) is 2.82. The number of benzene rings is 2. The van der Waals surface area contributed by atoms with Crippen LogP contribution in [0, 0.1) is 0 Å². The highest BCUT2D eigenvalue weighted by Crippen LogP contribution is 2.32. The number of carbonyl (C=O) groups is 4. The van der Waals surface area contributed by atoms with Crippen molar-refractivity contribution in [1.82, 2.24) is 15.1 Å². The molecule has 3 amide bonds. The van der Waals surface area contributed by atoms with Gasteiger partial charge in [-0.1, -0.05) is 60.7 Å². The molecule has 0 spiro atoms. The Morgan fingerprint density at radius 3 is 2.11 bits per heavy atom. The van der Waals surface area contributed by atoms with E-state index in [9.17, 15) is 29.4 Å². The molecule has 1 aliphatic heterocycles. The van der Waals surface area contributed by atoms with Crippen molar-refractivity contribution in [3.05, 3.63) is 78.0 Å². The van der Waals surface area contributed by atoms with Gasteiger partial charge in [-0.2, -0.15) is 0 Å². The van der Waals surface area contributed by atoms with Gasteiger partial charge >= 0.3 is 5.97 Å². The van der Waals surface area contributed by atoms with Crippen molar-refractivity contribution >= 4 is 29.4 Å². The molecule has 9 heteroatoms. The van der Waals surface area contributed by atoms with Crippen molar-refractivity contribution in [2.45, 2.75) is 44.9 Å². The van der Waals surface area contributed by atoms with Gasteiger partial charge in [-0.05, 0) is 31.4 Å². The lowest BCUT2D eigenvalue weighted by atomic mass is 9.95. The first-order valence-electron chi connectivity index (χ1n) is 11.2. The summed E-state index contributed by atoms with van der Waals surface area (Å²) in [5.74, 6) is -2.91. The summed E-state index contributed by atoms with van der Waals surface area (Å²) < 4.78 is 0. The minimum atomic E-state index is -1.84. The fourth-order valence-corrected chi connectivity index (χ4v) is 4.05. The van der Waals surface area contributed by atoms with Gasteiger partial charge in [0.05, 0.1) is 11.7 Å². The lowest BCUT2D eigenvalue weighted by Crippen LogP contribution is -2.60. The number of nitrogens with one attached hydrogen (secondary N) is 1. The molecule has 2 aromatic rings. The third kappa shape index (κ3) is 5.75. The highest BCUT2D eigenvalue weighted by Gasteiger charge is 2.44. The molecule has 0 saturated heterocycles. The van der Waals surface area contributed by atoms with Crippen molar-refractivity contribution < 1.29 is 29.4 Å². The van der Waals surface area contributed by atoms with Crippen LogP contribution in [0.4, 0.5) is 0 Å². The first-order valence-corrected chi connectivity index (χ1v) is 11.2. The van der Waals surface area contributed by atoms with Crippen LogP contribution in [-0.4, -0.2) is 67.9 Å². The second-order valence-corrected chi connectivity index (χ2v) is 8.87. The minimum absolute atomic E-state index is 0.0823. The van der Waals surface area contributed by atoms with E-state index in [-0.39, 0.29) is 12.3 Å². The fraction of sp³-hybridized carbons (Fsp3) is 0.308. The smallest absolute Gasteiger partial charge is 0.334 e. The van der Waals surface area contributed by atoms with Gasteiger partial charge in [-0.3, -0.25) is 19.3 Å². The quantitative estimate of drug-likeness (QED) is 0.528. The Balaban J connectivity index is 1.90. The van der Waals surface area contributed by atoms with Gasteiger partial charge in [0.25, 0.3) is 5.91 Å². The van der Waals surface area contributed by atoms with Crippen molar-refractivity contribution in [3.8, 4) is 0 Å². The molecule has 0 saturated carbocycles. The summed E-state index contributed by atoms with van der Waals surface area (Å²) in [6, 6.07) is 16.6. The zero-order valence-corrected chi connectivity index (χ0v) is 19.8. The van der Waals surface area contributed by atoms with Crippen LogP contribution in [0.25, 0.3) is 5.70 Å². The predicted molar refractivity (Wildman–Crippen MR) is 128 cm³/mol. The number of aliphatic carboxylic acids is 1. The molecule has 1 heterocycles. The SMILES string of the molecule is CC(=O)N1C=C(c2ccccc2)N(CC(=O)N[C@@H](Cc2ccccc2)C(O)C(=O)O)C(=O)C1(C)C. The fourth-order valence-electron chi connectivity index (χ4n) is 4.05. The van der Waals surface area contributed by atoms with Crippen LogP contribution in [0.3, 0.4) is 0 Å². The number of carboxylic acids is 1. The molecule has 2 atom stereocenters. The molecule has 0 bridgehead atoms. The normalized spacial score (nSPS) is 16.8. The molecular weight excluding hydrogens is 450 g/mol. The lowest BCUT2D eigenvalue weighted by molar-refractivity contribution is -0.150. The van der Waals surface area contributed by atoms with E-state index < -0.39 is 42.0 Å². The summed E-state index contributed by atoms with van der Waals surface area (Å²) in [4.78, 5) is 52.9. The van der Waals surface area contributed by atoms with E-state index in [4.69, 9.17) is 0 Å². The standard InChI is InChI=1S/C26H29N3O6/c1-17(30)29-15-21(19-12-8-5-9-13-19)28(25(35)26(29,2)3)16-22(31)27-20(23(32)24(33)34)14-18-10-6-4-7-11-18/h4-13,15,20,23,32H,14,16H2,1-3H3,(H,27,31)(H,33,34)/t20-,23?/m0/s1. The number of amides is 3. The minimum Gasteiger partial charge on any atom is -0.479 e. The second kappa shape index (κ2) is 10.5. The van der Waals surface area contributed by atoms with E-state index in [2.05, 4.69) is 5.32 Å². The van der Waals surface area contributed by atoms with Crippen LogP contribution < -0.4 is 5.32 Å². The molecule has 0 aromatic heterocycles. The maximum atomic E-state index is 13.5. The van der Waals surface area contributed by atoms with Gasteiger partial charge in [0.1, 0.15) is 12.1 Å². The number of rotatable bonds is 8. The molecule has 2 aromatic carbocycles. The molecule has 0 radical (unpaired) electrons. The topological polar surface area (TPSA) is 127 Å². The van der Waals surface area contributed by atoms with Gasteiger partial charge in [-0.15, -0.1) is 0 Å². The summed E-state index contributed by atoms with van der Waals surface area (Å²) in [6.45, 7) is 4.11. The van der Waals surface area contributed by atoms with Gasteiger partial charge in [-0.25, -0.2) is 4.79 Å². The van der Waals surface area contributed by atoms with Gasteiger partial charge in [0.2, 0.25) is 11.8 Å². The summed E-state index contributed by atoms with van der Waals surface area (Å²) in [6.07, 6.45) is -0.219. The van der Waals surface area contributed by atoms with E-state index in [1.165, 1.54) is 16.7 Å². The maximum Gasteiger partial charge on any atom is 0.334 e. The van der Waals surface area contributed by atoms with Crippen LogP contribution >= 0.6 is 0 Å². The van der Waals surface area contributed by atoms with Crippen LogP contribution in [0.15, 0.2) is 66.9 Å². The van der Waals surface area contributed by atoms with E-state index in [1.807, 2.05) is 0 Å². The van der Waals surface area contributed by atoms with Gasteiger partial charge < -0.3 is 20.4 Å². The summed E-state index contributed by atoms with van der Waals surface area (Å²) in [7, 11) is 0. The van der Waals surface area contributed by atoms with Crippen LogP contribution in [0.5, 0.6) is 0 Å². The van der Waals surface area contributed by atoms with Crippen molar-refractivity contribution in [1.29, 1.82) is 0 Å². The van der Waals surface area contributed by atoms with E-state index >= 15 is 0 Å². The summed E-state index contributed by atoms with van der Waals surface area (Å²) in [5, 5.41) is 22.1. The highest BCUT2D eigenvalue weighted by atomic mass is 16.4. The number of aliphatic hydroxyl groups excluding tert-OH is 1. The lowest BCUT2D eigenvalue weighted by Gasteiger charge is -2.44. The summed E-state index contributed by atoms with van der Waals surface area (Å²) in [5.41, 5.74) is 0.477. The molecule has 184 valence electrons. The Labute approximate surface area is 203 Å². The maximum absolute atomic E-state index is 13.5. The Kier molecular flexibility index (Phi) is 7.71. The molecule has 35 heavy (non-hydrogen) atoms. The molecule has 0 fully saturated rings. The largest absolute Gasteiger partial charge is 0.479 e. The molecule has 3 N–H and O–H groups in total. The number of hydrogen-bond acceptors (Lipinski definition) is 5. The van der Waals surface area contributed by atoms with Crippen LogP contribution in [0.2, 0.25) is 0 Å². The molecule has 3 rings (SSSR count). The van der Waals surface area contributed by atoms with Crippen molar-refractivity contribution in [3.63, 3.8) is 0 Å². The Hall–Kier alpha value is -3.98. The van der Waals surface area contributed by atoms with E-state index in [0.717, 1.165) is 5.56 Å². The Bertz CT molecular complexity index is 1130. The Morgan fingerprint density at radius 1 is 1.00 bits per heavy atom. The molecule has 1 unspecified atom stereocenters. The van der Waals surface area contributed by atoms with E-state index in [1.54, 1.807) is 80.7 Å². The number of carbonyl (C=O) groups excluding carboxylic acids is 3. The number of carboxylic acid groups (broad SMARTS) is 1. The molecule has 1 aliphatic rings. The van der Waals surface area contributed by atoms with Crippen LogP contribution in [-0.2, 0) is 25.6 Å². The highest BCUT2D eigenvalue weighted by molar-refractivity contribution is 6.01. The Morgan fingerprint density at radius 2 is 1.57 bits per heavy atom. The van der Waals surface area contributed by atoms with E-state index in [0.29, 0.717) is 11.3 Å². The number of hydrogen-bond donors (Lipinski definition) is 3. The first-order chi connectivity index (χ1) is 16.5. The monoisotopic (exact) mass is 479 g/mol. The number of aliphatic hydroxyl groups is 1. The van der Waals surface area contributed by atoms with Gasteiger partial charge in [0, 0.05) is 13.1 Å². The second-order valence-electron chi connectivity index (χ2n) is 8.87. The predicted octanol–water partition coefficient (Wildman–Crippen LogP) is 1.63. The summed E-state index contributed by atoms with van der Waals surface area (Å²) >= 11 is 0. The third-order valence-corrected chi connectivity index (χ3v) is 5.90. The number of nitrogens with zero attached hydrogens (tertiary/aromatic N) is 2. The van der Waals surface area contributed by atoms with Crippen molar-refractivity contribution in [2.75, 3.05) is 6.54 Å². The third-order valence-electron chi connectivity index (χ3n) is 5.90. The zero-order valence-electron chi connectivity index (χ0n) is 19.8. The zero-order chi connectivity index (χ0) is 25.8. The molecular formula is C26H29N3O6. The van der Waals surface area contributed by atoms with Crippen molar-refractivity contribution in [2.24, 2.45) is 0 Å². The van der Waals surface area contributed by atoms with Crippen LogP contribution in [0.1, 0.15) is 31.9 Å². The average molecular weight is 480 g/mol. The molecule has 9 nitrogen and oxygen atoms in total.